The van der Waals surface area contributed by atoms with E-state index in [9.17, 15) is 13.6 Å². The van der Waals surface area contributed by atoms with Gasteiger partial charge >= 0.3 is 5.97 Å². The van der Waals surface area contributed by atoms with Gasteiger partial charge in [0.25, 0.3) is 0 Å². The van der Waals surface area contributed by atoms with Gasteiger partial charge in [0.2, 0.25) is 0 Å². The highest BCUT2D eigenvalue weighted by Gasteiger charge is 2.13. The molecule has 0 bridgehead atoms. The highest BCUT2D eigenvalue weighted by atomic mass is 32.2. The third-order valence-corrected chi connectivity index (χ3v) is 2.38. The Morgan fingerprint density at radius 1 is 1.50 bits per heavy atom. The Balaban J connectivity index is 3.19. The van der Waals surface area contributed by atoms with Crippen LogP contribution in [0.3, 0.4) is 0 Å². The van der Waals surface area contributed by atoms with Crippen molar-refractivity contribution in [2.75, 3.05) is 0 Å². The molecule has 0 aromatic heterocycles. The monoisotopic (exact) mass is 243 g/mol. The highest BCUT2D eigenvalue weighted by molar-refractivity contribution is 7.79. The molecule has 5 nitrogen and oxygen atoms in total. The predicted octanol–water partition coefficient (Wildman–Crippen LogP) is 1.41. The van der Waals surface area contributed by atoms with Gasteiger partial charge in [-0.15, -0.1) is 0 Å². The van der Waals surface area contributed by atoms with Crippen LogP contribution >= 0.6 is 0 Å². The quantitative estimate of drug-likeness (QED) is 0.808. The molecule has 0 fully saturated rings. The number of aromatic carboxylic acids is 1. The van der Waals surface area contributed by atoms with Gasteiger partial charge in [-0.05, 0) is 43.1 Å². The lowest BCUT2D eigenvalue weighted by Gasteiger charge is -2.14. The maximum absolute atomic E-state index is 10.9. The normalized spacial score (nSPS) is 12.5. The Kier molecular flexibility index (Phi) is 4.03. The molecule has 88 valence electrons. The average Bonchev–Trinajstić information content (AvgIpc) is 2.16. The first kappa shape index (κ1) is 12.7. The molecular weight excluding hydrogens is 232 g/mol. The number of ether oxygens (including phenoxy) is 1. The number of hydrogen-bond donors (Lipinski definition) is 1. The van der Waals surface area contributed by atoms with Crippen molar-refractivity contribution in [3.63, 3.8) is 0 Å². The van der Waals surface area contributed by atoms with Gasteiger partial charge in [-0.2, -0.15) is 0 Å². The SMILES string of the molecule is CC(C)Oc1ccc(S(=O)[O-])cc1C(=O)O. The molecule has 1 rings (SSSR count). The molecule has 0 saturated carbocycles. The molecule has 0 radical (unpaired) electrons. The minimum Gasteiger partial charge on any atom is -0.768 e. The molecule has 16 heavy (non-hydrogen) atoms. The maximum Gasteiger partial charge on any atom is 0.339 e. The minimum atomic E-state index is -2.45. The van der Waals surface area contributed by atoms with E-state index in [1.165, 1.54) is 12.1 Å². The molecule has 1 atom stereocenters. The van der Waals surface area contributed by atoms with Gasteiger partial charge in [-0.1, -0.05) is 0 Å². The summed E-state index contributed by atoms with van der Waals surface area (Å²) in [7, 11) is 0. The van der Waals surface area contributed by atoms with E-state index in [4.69, 9.17) is 9.84 Å². The second kappa shape index (κ2) is 5.09. The van der Waals surface area contributed by atoms with Crippen molar-refractivity contribution in [3.05, 3.63) is 23.8 Å². The standard InChI is InChI=1S/C10H12O5S/c1-6(2)15-9-4-3-7(16(13)14)5-8(9)10(11)12/h3-6H,1-2H3,(H,11,12)(H,13,14)/p-1. The molecule has 0 aliphatic carbocycles. The van der Waals surface area contributed by atoms with Gasteiger partial charge in [0.1, 0.15) is 11.3 Å². The number of hydrogen-bond acceptors (Lipinski definition) is 4. The molecule has 0 aliphatic rings. The third-order valence-electron chi connectivity index (χ3n) is 1.74. The van der Waals surface area contributed by atoms with Gasteiger partial charge in [0.05, 0.1) is 6.10 Å². The summed E-state index contributed by atoms with van der Waals surface area (Å²) in [4.78, 5) is 10.8. The largest absolute Gasteiger partial charge is 0.768 e. The summed E-state index contributed by atoms with van der Waals surface area (Å²) in [6, 6.07) is 3.71. The average molecular weight is 243 g/mol. The molecule has 0 amide bonds. The number of carboxylic acid groups (broad SMARTS) is 1. The number of rotatable bonds is 4. The maximum atomic E-state index is 10.9. The second-order valence-corrected chi connectivity index (χ2v) is 4.31. The zero-order valence-electron chi connectivity index (χ0n) is 8.80. The molecule has 0 saturated heterocycles. The second-order valence-electron chi connectivity index (χ2n) is 3.36. The van der Waals surface area contributed by atoms with E-state index in [0.717, 1.165) is 6.07 Å². The van der Waals surface area contributed by atoms with Crippen molar-refractivity contribution in [1.29, 1.82) is 0 Å². The Morgan fingerprint density at radius 3 is 2.56 bits per heavy atom. The van der Waals surface area contributed by atoms with Crippen LogP contribution in [0.2, 0.25) is 0 Å². The van der Waals surface area contributed by atoms with E-state index in [-0.39, 0.29) is 22.3 Å². The van der Waals surface area contributed by atoms with Crippen LogP contribution in [0.5, 0.6) is 5.75 Å². The van der Waals surface area contributed by atoms with Gasteiger partial charge in [-0.3, -0.25) is 4.21 Å². The fourth-order valence-electron chi connectivity index (χ4n) is 1.14. The Hall–Kier alpha value is -1.40. The van der Waals surface area contributed by atoms with Gasteiger partial charge in [-0.25, -0.2) is 4.79 Å². The third kappa shape index (κ3) is 3.04. The summed E-state index contributed by atoms with van der Waals surface area (Å²) < 4.78 is 26.6. The molecule has 6 heteroatoms. The van der Waals surface area contributed by atoms with Gasteiger partial charge in [0, 0.05) is 4.90 Å². The van der Waals surface area contributed by atoms with Crippen LogP contribution in [-0.2, 0) is 11.1 Å². The molecule has 1 aromatic carbocycles. The smallest absolute Gasteiger partial charge is 0.339 e. The first-order valence-corrected chi connectivity index (χ1v) is 5.62. The summed E-state index contributed by atoms with van der Waals surface area (Å²) in [5.41, 5.74) is -0.157. The van der Waals surface area contributed by atoms with Gasteiger partial charge in [0.15, 0.2) is 0 Å². The highest BCUT2D eigenvalue weighted by Crippen LogP contribution is 2.22. The predicted molar refractivity (Wildman–Crippen MR) is 56.4 cm³/mol. The molecule has 1 unspecified atom stereocenters. The lowest BCUT2D eigenvalue weighted by atomic mass is 10.2. The van der Waals surface area contributed by atoms with Crippen molar-refractivity contribution >= 4 is 17.0 Å². The summed E-state index contributed by atoms with van der Waals surface area (Å²) in [5.74, 6) is -1.06. The summed E-state index contributed by atoms with van der Waals surface area (Å²) >= 11 is -2.45. The van der Waals surface area contributed by atoms with E-state index >= 15 is 0 Å². The van der Waals surface area contributed by atoms with E-state index in [1.807, 2.05) is 0 Å². The topological polar surface area (TPSA) is 86.7 Å². The summed E-state index contributed by atoms with van der Waals surface area (Å²) in [5, 5.41) is 8.90. The van der Waals surface area contributed by atoms with Crippen LogP contribution in [0.1, 0.15) is 24.2 Å². The van der Waals surface area contributed by atoms with Crippen LogP contribution in [0.4, 0.5) is 0 Å². The van der Waals surface area contributed by atoms with E-state index < -0.39 is 17.0 Å². The van der Waals surface area contributed by atoms with Crippen LogP contribution in [0.15, 0.2) is 23.1 Å². The Morgan fingerprint density at radius 2 is 2.12 bits per heavy atom. The van der Waals surface area contributed by atoms with Crippen molar-refractivity contribution in [2.45, 2.75) is 24.8 Å². The van der Waals surface area contributed by atoms with Crippen LogP contribution in [-0.4, -0.2) is 25.9 Å². The van der Waals surface area contributed by atoms with Crippen molar-refractivity contribution in [3.8, 4) is 5.75 Å². The van der Waals surface area contributed by atoms with Crippen molar-refractivity contribution in [2.24, 2.45) is 0 Å². The molecule has 1 N–H and O–H groups in total. The Labute approximate surface area is 95.3 Å². The van der Waals surface area contributed by atoms with Gasteiger partial charge < -0.3 is 14.4 Å². The molecule has 1 aromatic rings. The van der Waals surface area contributed by atoms with Crippen molar-refractivity contribution < 1.29 is 23.4 Å². The van der Waals surface area contributed by atoms with E-state index in [2.05, 4.69) is 0 Å². The molecule has 0 aliphatic heterocycles. The van der Waals surface area contributed by atoms with Crippen LogP contribution in [0, 0.1) is 0 Å². The number of benzene rings is 1. The van der Waals surface area contributed by atoms with Crippen LogP contribution < -0.4 is 4.74 Å². The lowest BCUT2D eigenvalue weighted by molar-refractivity contribution is 0.0690. The van der Waals surface area contributed by atoms with E-state index in [0.29, 0.717) is 0 Å². The minimum absolute atomic E-state index is 0.0755. The van der Waals surface area contributed by atoms with Crippen LogP contribution in [0.25, 0.3) is 0 Å². The molecule has 0 heterocycles. The fraction of sp³-hybridized carbons (Fsp3) is 0.300. The Bertz CT molecular complexity index is 427. The molecule has 0 spiro atoms. The molecular formula is C10H11O5S-. The fourth-order valence-corrected chi connectivity index (χ4v) is 1.53. The summed E-state index contributed by atoms with van der Waals surface area (Å²) in [6.07, 6.45) is -0.179. The lowest BCUT2D eigenvalue weighted by Crippen LogP contribution is -2.10. The number of carboxylic acids is 1. The summed E-state index contributed by atoms with van der Waals surface area (Å²) in [6.45, 7) is 3.51. The zero-order valence-corrected chi connectivity index (χ0v) is 9.61. The first-order chi connectivity index (χ1) is 7.41. The zero-order chi connectivity index (χ0) is 12.3. The van der Waals surface area contributed by atoms with E-state index in [1.54, 1.807) is 13.8 Å². The first-order valence-electron chi connectivity index (χ1n) is 4.55. The number of carbonyl (C=O) groups is 1. The van der Waals surface area contributed by atoms with Crippen molar-refractivity contribution in [1.82, 2.24) is 0 Å².